The van der Waals surface area contributed by atoms with Crippen LogP contribution in [0.1, 0.15) is 57.7 Å². The van der Waals surface area contributed by atoms with Gasteiger partial charge in [-0.25, -0.2) is 9.59 Å². The second kappa shape index (κ2) is 15.5. The molecule has 0 spiro atoms. The molecule has 8 nitrogen and oxygen atoms in total. The molecule has 0 bridgehead atoms. The van der Waals surface area contributed by atoms with Gasteiger partial charge in [-0.05, 0) is 74.6 Å². The molecular formula is C34H40F3N3O5. The molecule has 11 heteroatoms. The van der Waals surface area contributed by atoms with Crippen molar-refractivity contribution in [2.45, 2.75) is 77.9 Å². The number of anilines is 1. The van der Waals surface area contributed by atoms with Gasteiger partial charge < -0.3 is 25.4 Å². The highest BCUT2D eigenvalue weighted by molar-refractivity contribution is 5.95. The second-order valence-electron chi connectivity index (χ2n) is 12.1. The van der Waals surface area contributed by atoms with Crippen LogP contribution < -0.4 is 20.7 Å². The average Bonchev–Trinajstić information content (AvgIpc) is 2.95. The summed E-state index contributed by atoms with van der Waals surface area (Å²) in [6.45, 7) is 9.22. The number of hydrogen-bond donors (Lipinski definition) is 3. The van der Waals surface area contributed by atoms with E-state index in [1.165, 1.54) is 12.1 Å². The molecule has 0 aromatic heterocycles. The molecule has 0 aliphatic rings. The summed E-state index contributed by atoms with van der Waals surface area (Å²) in [7, 11) is 0. The number of benzene rings is 3. The summed E-state index contributed by atoms with van der Waals surface area (Å²) >= 11 is 0. The summed E-state index contributed by atoms with van der Waals surface area (Å²) in [5, 5.41) is 7.60. The van der Waals surface area contributed by atoms with E-state index in [4.69, 9.17) is 9.47 Å². The van der Waals surface area contributed by atoms with Crippen molar-refractivity contribution in [2.75, 3.05) is 5.32 Å². The van der Waals surface area contributed by atoms with E-state index in [9.17, 15) is 27.6 Å². The molecule has 0 radical (unpaired) electrons. The minimum absolute atomic E-state index is 0.0435. The van der Waals surface area contributed by atoms with Gasteiger partial charge >= 0.3 is 18.2 Å². The summed E-state index contributed by atoms with van der Waals surface area (Å²) in [6, 6.07) is 17.9. The maximum Gasteiger partial charge on any atom is 0.416 e. The molecular weight excluding hydrogens is 587 g/mol. The largest absolute Gasteiger partial charge is 0.489 e. The first-order chi connectivity index (χ1) is 21.1. The van der Waals surface area contributed by atoms with Gasteiger partial charge in [0.1, 0.15) is 30.0 Å². The van der Waals surface area contributed by atoms with Gasteiger partial charge in [0.25, 0.3) is 0 Å². The Balaban J connectivity index is 1.72. The fourth-order valence-corrected chi connectivity index (χ4v) is 4.34. The first-order valence-electron chi connectivity index (χ1n) is 14.6. The van der Waals surface area contributed by atoms with Crippen molar-refractivity contribution in [3.05, 3.63) is 95.6 Å². The Labute approximate surface area is 261 Å². The van der Waals surface area contributed by atoms with Crippen molar-refractivity contribution in [1.29, 1.82) is 0 Å². The molecule has 45 heavy (non-hydrogen) atoms. The van der Waals surface area contributed by atoms with Gasteiger partial charge in [0, 0.05) is 12.1 Å². The molecule has 3 N–H and O–H groups in total. The third kappa shape index (κ3) is 12.2. The summed E-state index contributed by atoms with van der Waals surface area (Å²) in [5.41, 5.74) is -0.0897. The lowest BCUT2D eigenvalue weighted by molar-refractivity contribution is -0.158. The first kappa shape index (κ1) is 34.9. The third-order valence-electron chi connectivity index (χ3n) is 6.40. The SMILES string of the molecule is CC(C)C[C@H](NC(=O)Nc1cccc(C(F)(F)F)c1)C(=O)N[C@@H](Cc1ccc(OCc2ccccc2)cc1)C(=O)OC(C)(C)C. The number of hydrogen-bond acceptors (Lipinski definition) is 5. The predicted octanol–water partition coefficient (Wildman–Crippen LogP) is 6.89. The first-order valence-corrected chi connectivity index (χ1v) is 14.6. The number of alkyl halides is 3. The van der Waals surface area contributed by atoms with Crippen LogP contribution in [0.5, 0.6) is 5.75 Å². The molecule has 0 saturated heterocycles. The maximum absolute atomic E-state index is 13.5. The van der Waals surface area contributed by atoms with Crippen LogP contribution in [0.2, 0.25) is 0 Å². The Morgan fingerprint density at radius 3 is 2.07 bits per heavy atom. The zero-order valence-electron chi connectivity index (χ0n) is 26.0. The van der Waals surface area contributed by atoms with E-state index in [-0.39, 0.29) is 24.4 Å². The maximum atomic E-state index is 13.5. The van der Waals surface area contributed by atoms with Crippen molar-refractivity contribution < 1.29 is 37.0 Å². The van der Waals surface area contributed by atoms with E-state index in [2.05, 4.69) is 16.0 Å². The van der Waals surface area contributed by atoms with Crippen molar-refractivity contribution in [1.82, 2.24) is 10.6 Å². The monoisotopic (exact) mass is 627 g/mol. The smallest absolute Gasteiger partial charge is 0.416 e. The van der Waals surface area contributed by atoms with Crippen molar-refractivity contribution in [2.24, 2.45) is 5.92 Å². The number of halogens is 3. The molecule has 3 aromatic carbocycles. The lowest BCUT2D eigenvalue weighted by atomic mass is 10.0. The standard InChI is InChI=1S/C34H40F3N3O5/c1-22(2)18-28(40-32(43)38-26-13-9-12-25(20-26)34(35,36)37)30(41)39-29(31(42)45-33(3,4)5)19-23-14-16-27(17-15-23)44-21-24-10-7-6-8-11-24/h6-17,20,22,28-29H,18-19,21H2,1-5H3,(H,39,41)(H2,38,40,43)/t28-,29-/m0/s1. The lowest BCUT2D eigenvalue weighted by Gasteiger charge is -2.27. The summed E-state index contributed by atoms with van der Waals surface area (Å²) in [4.78, 5) is 39.4. The summed E-state index contributed by atoms with van der Waals surface area (Å²) in [5.74, 6) is -0.704. The van der Waals surface area contributed by atoms with Gasteiger partial charge in [0.05, 0.1) is 5.56 Å². The third-order valence-corrected chi connectivity index (χ3v) is 6.40. The second-order valence-corrected chi connectivity index (χ2v) is 12.1. The van der Waals surface area contributed by atoms with Crippen LogP contribution in [-0.4, -0.2) is 35.6 Å². The van der Waals surface area contributed by atoms with Crippen LogP contribution in [-0.2, 0) is 33.5 Å². The average molecular weight is 628 g/mol. The van der Waals surface area contributed by atoms with E-state index < -0.39 is 47.3 Å². The minimum Gasteiger partial charge on any atom is -0.489 e. The van der Waals surface area contributed by atoms with E-state index in [1.54, 1.807) is 45.0 Å². The summed E-state index contributed by atoms with van der Waals surface area (Å²) in [6.07, 6.45) is -4.28. The van der Waals surface area contributed by atoms with E-state index >= 15 is 0 Å². The number of carbonyl (C=O) groups is 3. The van der Waals surface area contributed by atoms with Crippen LogP contribution in [0.4, 0.5) is 23.7 Å². The molecule has 0 aliphatic heterocycles. The van der Waals surface area contributed by atoms with Crippen LogP contribution >= 0.6 is 0 Å². The van der Waals surface area contributed by atoms with E-state index in [0.717, 1.165) is 23.3 Å². The van der Waals surface area contributed by atoms with Crippen LogP contribution in [0, 0.1) is 5.92 Å². The normalized spacial score (nSPS) is 13.0. The zero-order valence-corrected chi connectivity index (χ0v) is 26.0. The molecule has 0 fully saturated rings. The highest BCUT2D eigenvalue weighted by Gasteiger charge is 2.32. The fourth-order valence-electron chi connectivity index (χ4n) is 4.34. The topological polar surface area (TPSA) is 106 Å². The van der Waals surface area contributed by atoms with Gasteiger partial charge in [0.15, 0.2) is 0 Å². The number of urea groups is 1. The predicted molar refractivity (Wildman–Crippen MR) is 166 cm³/mol. The molecule has 2 atom stereocenters. The van der Waals surface area contributed by atoms with Gasteiger partial charge in [-0.2, -0.15) is 13.2 Å². The van der Waals surface area contributed by atoms with Gasteiger partial charge in [0.2, 0.25) is 5.91 Å². The fraction of sp³-hybridized carbons (Fsp3) is 0.382. The molecule has 242 valence electrons. The Bertz CT molecular complexity index is 1420. The van der Waals surface area contributed by atoms with Gasteiger partial charge in [-0.15, -0.1) is 0 Å². The van der Waals surface area contributed by atoms with Crippen LogP contribution in [0.3, 0.4) is 0 Å². The molecule has 0 heterocycles. The highest BCUT2D eigenvalue weighted by atomic mass is 19.4. The molecule has 0 unspecified atom stereocenters. The molecule has 3 rings (SSSR count). The lowest BCUT2D eigenvalue weighted by Crippen LogP contribution is -2.54. The molecule has 3 amide bonds. The van der Waals surface area contributed by atoms with Crippen molar-refractivity contribution in [3.8, 4) is 5.75 Å². The zero-order chi connectivity index (χ0) is 33.2. The Morgan fingerprint density at radius 1 is 0.800 bits per heavy atom. The number of esters is 1. The molecule has 0 aliphatic carbocycles. The van der Waals surface area contributed by atoms with Gasteiger partial charge in [-0.1, -0.05) is 62.4 Å². The number of carbonyl (C=O) groups excluding carboxylic acids is 3. The number of nitrogens with one attached hydrogen (secondary N) is 3. The quantitative estimate of drug-likeness (QED) is 0.190. The Morgan fingerprint density at radius 2 is 1.47 bits per heavy atom. The van der Waals surface area contributed by atoms with Crippen molar-refractivity contribution >= 4 is 23.6 Å². The minimum atomic E-state index is -4.58. The van der Waals surface area contributed by atoms with Crippen LogP contribution in [0.25, 0.3) is 0 Å². The van der Waals surface area contributed by atoms with E-state index in [0.29, 0.717) is 12.4 Å². The summed E-state index contributed by atoms with van der Waals surface area (Å²) < 4.78 is 50.7. The van der Waals surface area contributed by atoms with E-state index in [1.807, 2.05) is 44.2 Å². The Kier molecular flexibility index (Phi) is 12.0. The number of amides is 3. The highest BCUT2D eigenvalue weighted by Crippen LogP contribution is 2.30. The number of rotatable bonds is 12. The Hall–Kier alpha value is -4.54. The van der Waals surface area contributed by atoms with Crippen molar-refractivity contribution in [3.63, 3.8) is 0 Å². The van der Waals surface area contributed by atoms with Gasteiger partial charge in [-0.3, -0.25) is 4.79 Å². The molecule has 3 aromatic rings. The molecule has 0 saturated carbocycles. The van der Waals surface area contributed by atoms with Crippen LogP contribution in [0.15, 0.2) is 78.9 Å². The number of ether oxygens (including phenoxy) is 2.